The summed E-state index contributed by atoms with van der Waals surface area (Å²) >= 11 is 0. The Labute approximate surface area is 116 Å². The summed E-state index contributed by atoms with van der Waals surface area (Å²) in [7, 11) is 0. The van der Waals surface area contributed by atoms with Crippen LogP contribution in [-0.4, -0.2) is 37.7 Å². The number of hydrogen-bond donors (Lipinski definition) is 2. The Morgan fingerprint density at radius 2 is 2.05 bits per heavy atom. The normalized spacial score (nSPS) is 29.2. The summed E-state index contributed by atoms with van der Waals surface area (Å²) in [6.45, 7) is 7.45. The van der Waals surface area contributed by atoms with Gasteiger partial charge in [0.2, 0.25) is 5.91 Å². The van der Waals surface area contributed by atoms with E-state index < -0.39 is 0 Å². The Kier molecular flexibility index (Phi) is 5.40. The van der Waals surface area contributed by atoms with E-state index in [9.17, 15) is 4.79 Å². The number of piperidine rings is 1. The highest BCUT2D eigenvalue weighted by Gasteiger charge is 2.33. The van der Waals surface area contributed by atoms with Gasteiger partial charge < -0.3 is 15.4 Å². The standard InChI is InChI=1S/C15H26N2O2/c1-11(2)10-19-6-5-16-15(18)9-12-7-13-3-4-14(8-12)17-13/h12-14,17H,1,3-10H2,2H3,(H,16,18). The van der Waals surface area contributed by atoms with Gasteiger partial charge in [-0.2, -0.15) is 0 Å². The molecule has 2 aliphatic heterocycles. The van der Waals surface area contributed by atoms with E-state index >= 15 is 0 Å². The van der Waals surface area contributed by atoms with Crippen molar-refractivity contribution in [3.8, 4) is 0 Å². The van der Waals surface area contributed by atoms with Gasteiger partial charge >= 0.3 is 0 Å². The molecule has 2 N–H and O–H groups in total. The fourth-order valence-electron chi connectivity index (χ4n) is 3.19. The maximum atomic E-state index is 11.8. The molecule has 4 nitrogen and oxygen atoms in total. The van der Waals surface area contributed by atoms with Crippen molar-refractivity contribution in [1.29, 1.82) is 0 Å². The van der Waals surface area contributed by atoms with Crippen molar-refractivity contribution in [3.05, 3.63) is 12.2 Å². The number of nitrogens with one attached hydrogen (secondary N) is 2. The molecule has 2 heterocycles. The number of carbonyl (C=O) groups excluding carboxylic acids is 1. The second-order valence-electron chi connectivity index (χ2n) is 6.04. The van der Waals surface area contributed by atoms with Crippen molar-refractivity contribution in [1.82, 2.24) is 10.6 Å². The average Bonchev–Trinajstić information content (AvgIpc) is 2.68. The molecule has 0 radical (unpaired) electrons. The molecule has 0 aromatic heterocycles. The van der Waals surface area contributed by atoms with Crippen LogP contribution < -0.4 is 10.6 Å². The summed E-state index contributed by atoms with van der Waals surface area (Å²) in [5.74, 6) is 0.736. The van der Waals surface area contributed by atoms with Gasteiger partial charge in [0.25, 0.3) is 0 Å². The highest BCUT2D eigenvalue weighted by Crippen LogP contribution is 2.32. The summed E-state index contributed by atoms with van der Waals surface area (Å²) in [5, 5.41) is 6.54. The minimum atomic E-state index is 0.172. The molecule has 1 amide bonds. The minimum Gasteiger partial charge on any atom is -0.375 e. The van der Waals surface area contributed by atoms with E-state index in [1.54, 1.807) is 0 Å². The SMILES string of the molecule is C=C(C)COCCNC(=O)CC1CC2CCC(C1)N2. The van der Waals surface area contributed by atoms with Gasteiger partial charge in [0.1, 0.15) is 0 Å². The summed E-state index contributed by atoms with van der Waals surface area (Å²) in [6.07, 6.45) is 5.58. The summed E-state index contributed by atoms with van der Waals surface area (Å²) in [6, 6.07) is 1.32. The Morgan fingerprint density at radius 1 is 1.37 bits per heavy atom. The van der Waals surface area contributed by atoms with Crippen LogP contribution in [0.15, 0.2) is 12.2 Å². The van der Waals surface area contributed by atoms with Crippen LogP contribution in [0.25, 0.3) is 0 Å². The van der Waals surface area contributed by atoms with Gasteiger partial charge in [-0.25, -0.2) is 0 Å². The van der Waals surface area contributed by atoms with Crippen molar-refractivity contribution in [3.63, 3.8) is 0 Å². The van der Waals surface area contributed by atoms with Crippen LogP contribution in [-0.2, 0) is 9.53 Å². The van der Waals surface area contributed by atoms with Crippen LogP contribution >= 0.6 is 0 Å². The molecule has 2 atom stereocenters. The van der Waals surface area contributed by atoms with E-state index in [2.05, 4.69) is 17.2 Å². The van der Waals surface area contributed by atoms with Crippen molar-refractivity contribution >= 4 is 5.91 Å². The van der Waals surface area contributed by atoms with E-state index in [-0.39, 0.29) is 5.91 Å². The van der Waals surface area contributed by atoms with Crippen LogP contribution in [0.2, 0.25) is 0 Å². The lowest BCUT2D eigenvalue weighted by molar-refractivity contribution is -0.122. The van der Waals surface area contributed by atoms with Crippen molar-refractivity contribution in [2.45, 2.75) is 51.1 Å². The third kappa shape index (κ3) is 4.96. The van der Waals surface area contributed by atoms with Crippen LogP contribution in [0.5, 0.6) is 0 Å². The van der Waals surface area contributed by atoms with Crippen LogP contribution in [0.1, 0.15) is 39.0 Å². The predicted molar refractivity (Wildman–Crippen MR) is 75.9 cm³/mol. The van der Waals surface area contributed by atoms with Gasteiger partial charge in [-0.15, -0.1) is 0 Å². The topological polar surface area (TPSA) is 50.4 Å². The molecule has 0 aromatic rings. The van der Waals surface area contributed by atoms with Gasteiger partial charge in [-0.05, 0) is 38.5 Å². The Bertz CT molecular complexity index is 318. The van der Waals surface area contributed by atoms with E-state index in [1.807, 2.05) is 6.92 Å². The molecule has 2 rings (SSSR count). The molecule has 2 unspecified atom stereocenters. The first-order valence-corrected chi connectivity index (χ1v) is 7.38. The second-order valence-corrected chi connectivity index (χ2v) is 6.04. The number of hydrogen-bond acceptors (Lipinski definition) is 3. The Morgan fingerprint density at radius 3 is 2.68 bits per heavy atom. The van der Waals surface area contributed by atoms with Gasteiger partial charge in [0, 0.05) is 25.0 Å². The molecule has 0 aliphatic carbocycles. The first-order chi connectivity index (χ1) is 9.13. The van der Waals surface area contributed by atoms with Gasteiger partial charge in [-0.3, -0.25) is 4.79 Å². The molecular formula is C15H26N2O2. The molecule has 0 saturated carbocycles. The minimum absolute atomic E-state index is 0.172. The van der Waals surface area contributed by atoms with Crippen LogP contribution in [0.4, 0.5) is 0 Å². The quantitative estimate of drug-likeness (QED) is 0.544. The van der Waals surface area contributed by atoms with Gasteiger partial charge in [-0.1, -0.05) is 12.2 Å². The highest BCUT2D eigenvalue weighted by atomic mass is 16.5. The van der Waals surface area contributed by atoms with Crippen molar-refractivity contribution in [2.75, 3.05) is 19.8 Å². The predicted octanol–water partition coefficient (Wildman–Crippen LogP) is 1.62. The number of ether oxygens (including phenoxy) is 1. The molecule has 108 valence electrons. The maximum Gasteiger partial charge on any atom is 0.220 e. The van der Waals surface area contributed by atoms with E-state index in [0.29, 0.717) is 44.2 Å². The highest BCUT2D eigenvalue weighted by molar-refractivity contribution is 5.76. The zero-order valence-electron chi connectivity index (χ0n) is 11.9. The maximum absolute atomic E-state index is 11.8. The number of carbonyl (C=O) groups is 1. The smallest absolute Gasteiger partial charge is 0.220 e. The second kappa shape index (κ2) is 7.06. The fraction of sp³-hybridized carbons (Fsp3) is 0.800. The summed E-state index contributed by atoms with van der Waals surface area (Å²) < 4.78 is 5.36. The van der Waals surface area contributed by atoms with Gasteiger partial charge in [0.15, 0.2) is 0 Å². The molecule has 0 spiro atoms. The number of amides is 1. The largest absolute Gasteiger partial charge is 0.375 e. The Balaban J connectivity index is 1.56. The lowest BCUT2D eigenvalue weighted by atomic mass is 9.89. The molecule has 4 heteroatoms. The van der Waals surface area contributed by atoms with E-state index in [0.717, 1.165) is 18.4 Å². The molecule has 2 fully saturated rings. The van der Waals surface area contributed by atoms with Crippen LogP contribution in [0, 0.1) is 5.92 Å². The molecule has 2 bridgehead atoms. The first-order valence-electron chi connectivity index (χ1n) is 7.38. The number of rotatable bonds is 7. The molecule has 2 saturated heterocycles. The third-order valence-corrected chi connectivity index (χ3v) is 3.96. The third-order valence-electron chi connectivity index (χ3n) is 3.96. The Hall–Kier alpha value is -0.870. The number of fused-ring (bicyclic) bond motifs is 2. The van der Waals surface area contributed by atoms with Gasteiger partial charge in [0.05, 0.1) is 13.2 Å². The fourth-order valence-corrected chi connectivity index (χ4v) is 3.19. The van der Waals surface area contributed by atoms with Crippen LogP contribution in [0.3, 0.4) is 0 Å². The van der Waals surface area contributed by atoms with Crippen molar-refractivity contribution < 1.29 is 9.53 Å². The summed E-state index contributed by atoms with van der Waals surface area (Å²) in [4.78, 5) is 11.8. The molecule has 0 aromatic carbocycles. The van der Waals surface area contributed by atoms with E-state index in [4.69, 9.17) is 4.74 Å². The monoisotopic (exact) mass is 266 g/mol. The van der Waals surface area contributed by atoms with Crippen molar-refractivity contribution in [2.24, 2.45) is 5.92 Å². The lowest BCUT2D eigenvalue weighted by Crippen LogP contribution is -2.40. The summed E-state index contributed by atoms with van der Waals surface area (Å²) in [5.41, 5.74) is 1.01. The molecule has 2 aliphatic rings. The zero-order valence-corrected chi connectivity index (χ0v) is 11.9. The molecule has 19 heavy (non-hydrogen) atoms. The average molecular weight is 266 g/mol. The van der Waals surface area contributed by atoms with E-state index in [1.165, 1.54) is 12.8 Å². The lowest BCUT2D eigenvalue weighted by Gasteiger charge is -2.28. The zero-order chi connectivity index (χ0) is 13.7. The first kappa shape index (κ1) is 14.5. The molecular weight excluding hydrogens is 240 g/mol.